The maximum Gasteiger partial charge on any atom is 0.433 e. The van der Waals surface area contributed by atoms with Crippen molar-refractivity contribution in [3.8, 4) is 5.69 Å². The Labute approximate surface area is 101 Å². The molecule has 1 fully saturated rings. The lowest BCUT2D eigenvalue weighted by atomic mass is 10.3. The summed E-state index contributed by atoms with van der Waals surface area (Å²) in [4.78, 5) is 3.41. The van der Waals surface area contributed by atoms with Crippen molar-refractivity contribution >= 4 is 0 Å². The van der Waals surface area contributed by atoms with E-state index in [2.05, 4.69) is 10.1 Å². The summed E-state index contributed by atoms with van der Waals surface area (Å²) < 4.78 is 38.6. The van der Waals surface area contributed by atoms with E-state index in [1.165, 1.54) is 12.3 Å². The Balaban J connectivity index is 1.87. The van der Waals surface area contributed by atoms with Crippen LogP contribution < -0.4 is 0 Å². The molecule has 0 aromatic carbocycles. The highest BCUT2D eigenvalue weighted by atomic mass is 19.4. The molecular weight excluding hydrogens is 243 g/mol. The molecule has 2 aromatic heterocycles. The Bertz CT molecular complexity index is 553. The second-order valence-electron chi connectivity index (χ2n) is 4.36. The third-order valence-electron chi connectivity index (χ3n) is 2.91. The third kappa shape index (κ3) is 2.10. The van der Waals surface area contributed by atoms with Crippen LogP contribution in [0.5, 0.6) is 0 Å². The zero-order chi connectivity index (χ0) is 12.8. The van der Waals surface area contributed by atoms with E-state index < -0.39 is 11.9 Å². The number of aromatic nitrogens is 3. The molecule has 6 heteroatoms. The van der Waals surface area contributed by atoms with Gasteiger partial charge in [-0.25, -0.2) is 9.67 Å². The van der Waals surface area contributed by atoms with Gasteiger partial charge < -0.3 is 0 Å². The zero-order valence-electron chi connectivity index (χ0n) is 9.35. The van der Waals surface area contributed by atoms with E-state index in [1.807, 2.05) is 6.07 Å². The number of nitrogens with zero attached hydrogens (tertiary/aromatic N) is 3. The minimum absolute atomic E-state index is 0.522. The average molecular weight is 253 g/mol. The summed E-state index contributed by atoms with van der Waals surface area (Å²) in [5.74, 6) is 0.522. The average Bonchev–Trinajstić information content (AvgIpc) is 3.06. The maximum absolute atomic E-state index is 12.4. The van der Waals surface area contributed by atoms with Crippen LogP contribution in [0.15, 0.2) is 30.6 Å². The SMILES string of the molecule is FC(F)(F)c1ccc(-n2ccc(C3CC3)n2)cn1. The van der Waals surface area contributed by atoms with Crippen molar-refractivity contribution < 1.29 is 13.2 Å². The molecule has 1 aliphatic rings. The van der Waals surface area contributed by atoms with E-state index in [4.69, 9.17) is 0 Å². The molecule has 0 unspecified atom stereocenters. The van der Waals surface area contributed by atoms with Crippen LogP contribution in [-0.2, 0) is 6.18 Å². The van der Waals surface area contributed by atoms with Crippen LogP contribution in [-0.4, -0.2) is 14.8 Å². The largest absolute Gasteiger partial charge is 0.433 e. The van der Waals surface area contributed by atoms with E-state index in [-0.39, 0.29) is 0 Å². The van der Waals surface area contributed by atoms with Gasteiger partial charge >= 0.3 is 6.18 Å². The molecule has 1 aliphatic carbocycles. The van der Waals surface area contributed by atoms with Gasteiger partial charge in [0.1, 0.15) is 5.69 Å². The molecule has 0 saturated heterocycles. The monoisotopic (exact) mass is 253 g/mol. The molecule has 0 amide bonds. The van der Waals surface area contributed by atoms with Gasteiger partial charge in [-0.15, -0.1) is 0 Å². The summed E-state index contributed by atoms with van der Waals surface area (Å²) in [6.45, 7) is 0. The first-order chi connectivity index (χ1) is 8.54. The Kier molecular flexibility index (Phi) is 2.39. The molecule has 2 heterocycles. The van der Waals surface area contributed by atoms with Crippen LogP contribution in [0, 0.1) is 0 Å². The van der Waals surface area contributed by atoms with Gasteiger partial charge in [-0.05, 0) is 31.0 Å². The highest BCUT2D eigenvalue weighted by molar-refractivity contribution is 5.30. The van der Waals surface area contributed by atoms with Gasteiger partial charge in [-0.3, -0.25) is 0 Å². The number of hydrogen-bond donors (Lipinski definition) is 0. The second kappa shape index (κ2) is 3.83. The van der Waals surface area contributed by atoms with Crippen molar-refractivity contribution in [2.24, 2.45) is 0 Å². The predicted molar refractivity (Wildman–Crippen MR) is 58.3 cm³/mol. The molecule has 0 bridgehead atoms. The Morgan fingerprint density at radius 2 is 1.94 bits per heavy atom. The molecule has 0 spiro atoms. The fourth-order valence-electron chi connectivity index (χ4n) is 1.77. The first-order valence-electron chi connectivity index (χ1n) is 5.63. The smallest absolute Gasteiger partial charge is 0.250 e. The molecular formula is C12H10F3N3. The predicted octanol–water partition coefficient (Wildman–Crippen LogP) is 3.16. The molecule has 0 N–H and O–H groups in total. The first-order valence-corrected chi connectivity index (χ1v) is 5.63. The van der Waals surface area contributed by atoms with E-state index in [0.29, 0.717) is 11.6 Å². The molecule has 18 heavy (non-hydrogen) atoms. The van der Waals surface area contributed by atoms with Crippen molar-refractivity contribution in [3.63, 3.8) is 0 Å². The number of hydrogen-bond acceptors (Lipinski definition) is 2. The Morgan fingerprint density at radius 3 is 2.50 bits per heavy atom. The molecule has 0 atom stereocenters. The van der Waals surface area contributed by atoms with Crippen LogP contribution in [0.3, 0.4) is 0 Å². The van der Waals surface area contributed by atoms with E-state index in [9.17, 15) is 13.2 Å². The molecule has 2 aromatic rings. The molecule has 0 aliphatic heterocycles. The Morgan fingerprint density at radius 1 is 1.17 bits per heavy atom. The minimum Gasteiger partial charge on any atom is -0.250 e. The van der Waals surface area contributed by atoms with Crippen LogP contribution >= 0.6 is 0 Å². The highest BCUT2D eigenvalue weighted by Gasteiger charge is 2.32. The number of halogens is 3. The van der Waals surface area contributed by atoms with Gasteiger partial charge in [0.2, 0.25) is 0 Å². The minimum atomic E-state index is -4.40. The first kappa shape index (κ1) is 11.3. The van der Waals surface area contributed by atoms with Crippen molar-refractivity contribution in [3.05, 3.63) is 42.0 Å². The van der Waals surface area contributed by atoms with Crippen LogP contribution in [0.4, 0.5) is 13.2 Å². The van der Waals surface area contributed by atoms with E-state index in [1.54, 1.807) is 10.9 Å². The summed E-state index contributed by atoms with van der Waals surface area (Å²) in [6, 6.07) is 4.24. The fourth-order valence-corrected chi connectivity index (χ4v) is 1.77. The van der Waals surface area contributed by atoms with Gasteiger partial charge in [0.25, 0.3) is 0 Å². The van der Waals surface area contributed by atoms with E-state index >= 15 is 0 Å². The standard InChI is InChI=1S/C12H10F3N3/c13-12(14,15)11-4-3-9(7-16-11)18-6-5-10(17-18)8-1-2-8/h3-8H,1-2H2. The van der Waals surface area contributed by atoms with E-state index in [0.717, 1.165) is 24.6 Å². The van der Waals surface area contributed by atoms with Gasteiger partial charge in [-0.2, -0.15) is 18.3 Å². The summed E-state index contributed by atoms with van der Waals surface area (Å²) in [7, 11) is 0. The van der Waals surface area contributed by atoms with Crippen molar-refractivity contribution in [1.29, 1.82) is 0 Å². The lowest BCUT2D eigenvalue weighted by molar-refractivity contribution is -0.141. The summed E-state index contributed by atoms with van der Waals surface area (Å²) in [5, 5.41) is 4.33. The molecule has 3 rings (SSSR count). The van der Waals surface area contributed by atoms with Crippen LogP contribution in [0.25, 0.3) is 5.69 Å². The van der Waals surface area contributed by atoms with Gasteiger partial charge in [0.15, 0.2) is 0 Å². The van der Waals surface area contributed by atoms with Crippen molar-refractivity contribution in [2.75, 3.05) is 0 Å². The lowest BCUT2D eigenvalue weighted by Gasteiger charge is -2.06. The molecule has 94 valence electrons. The quantitative estimate of drug-likeness (QED) is 0.823. The molecule has 1 saturated carbocycles. The van der Waals surface area contributed by atoms with Crippen LogP contribution in [0.1, 0.15) is 30.1 Å². The number of pyridine rings is 1. The van der Waals surface area contributed by atoms with Gasteiger partial charge in [0.05, 0.1) is 17.6 Å². The summed E-state index contributed by atoms with van der Waals surface area (Å²) in [5.41, 5.74) is 0.644. The normalized spacial score (nSPS) is 15.9. The van der Waals surface area contributed by atoms with Gasteiger partial charge in [0, 0.05) is 12.1 Å². The highest BCUT2D eigenvalue weighted by Crippen LogP contribution is 2.39. The summed E-state index contributed by atoms with van der Waals surface area (Å²) in [6.07, 6.45) is 0.816. The van der Waals surface area contributed by atoms with Crippen LogP contribution in [0.2, 0.25) is 0 Å². The van der Waals surface area contributed by atoms with Crippen molar-refractivity contribution in [2.45, 2.75) is 24.9 Å². The third-order valence-corrected chi connectivity index (χ3v) is 2.91. The molecule has 0 radical (unpaired) electrons. The molecule has 3 nitrogen and oxygen atoms in total. The zero-order valence-corrected chi connectivity index (χ0v) is 9.35. The maximum atomic E-state index is 12.4. The lowest BCUT2D eigenvalue weighted by Crippen LogP contribution is -2.08. The number of rotatable bonds is 2. The topological polar surface area (TPSA) is 30.7 Å². The van der Waals surface area contributed by atoms with Crippen molar-refractivity contribution in [1.82, 2.24) is 14.8 Å². The fraction of sp³-hybridized carbons (Fsp3) is 0.333. The van der Waals surface area contributed by atoms with Gasteiger partial charge in [-0.1, -0.05) is 0 Å². The Hall–Kier alpha value is -1.85. The second-order valence-corrected chi connectivity index (χ2v) is 4.36. The number of alkyl halides is 3. The summed E-state index contributed by atoms with van der Waals surface area (Å²) >= 11 is 0.